The zero-order valence-electron chi connectivity index (χ0n) is 14.9. The molecule has 1 atom stereocenters. The smallest absolute Gasteiger partial charge is 0.223 e. The average molecular weight is 330 g/mol. The summed E-state index contributed by atoms with van der Waals surface area (Å²) in [5.74, 6) is 0.765. The number of carbonyl (C=O) groups excluding carboxylic acids is 1. The van der Waals surface area contributed by atoms with E-state index in [0.29, 0.717) is 12.5 Å². The zero-order chi connectivity index (χ0) is 16.9. The first kappa shape index (κ1) is 17.4. The molecule has 2 fully saturated rings. The monoisotopic (exact) mass is 330 g/mol. The number of hydrogen-bond donors (Lipinski definition) is 2. The summed E-state index contributed by atoms with van der Waals surface area (Å²) in [6.45, 7) is 10.2. The number of carbonyl (C=O) groups is 1. The van der Waals surface area contributed by atoms with Gasteiger partial charge in [0.05, 0.1) is 0 Å². The molecule has 0 radical (unpaired) electrons. The lowest BCUT2D eigenvalue weighted by atomic mass is 9.88. The molecule has 2 saturated heterocycles. The molecule has 0 bridgehead atoms. The van der Waals surface area contributed by atoms with E-state index in [-0.39, 0.29) is 11.8 Å². The van der Waals surface area contributed by atoms with Crippen molar-refractivity contribution >= 4 is 5.91 Å². The molecular weight excluding hydrogens is 300 g/mol. The summed E-state index contributed by atoms with van der Waals surface area (Å²) in [4.78, 5) is 17.0. The van der Waals surface area contributed by atoms with Gasteiger partial charge >= 0.3 is 0 Å². The maximum absolute atomic E-state index is 12.2. The molecule has 2 heterocycles. The number of rotatable bonds is 6. The number of hydrogen-bond acceptors (Lipinski definition) is 4. The van der Waals surface area contributed by atoms with E-state index >= 15 is 0 Å². The second-order valence-electron chi connectivity index (χ2n) is 7.32. The van der Waals surface area contributed by atoms with Crippen molar-refractivity contribution < 1.29 is 4.79 Å². The van der Waals surface area contributed by atoms with Crippen molar-refractivity contribution in [2.75, 3.05) is 46.3 Å². The van der Waals surface area contributed by atoms with Crippen LogP contribution in [0.3, 0.4) is 0 Å². The van der Waals surface area contributed by atoms with Gasteiger partial charge in [-0.15, -0.1) is 0 Å². The van der Waals surface area contributed by atoms with Crippen LogP contribution >= 0.6 is 0 Å². The molecule has 0 saturated carbocycles. The van der Waals surface area contributed by atoms with Crippen LogP contribution in [0.4, 0.5) is 0 Å². The van der Waals surface area contributed by atoms with Crippen LogP contribution in [-0.2, 0) is 17.9 Å². The molecule has 1 amide bonds. The minimum Gasteiger partial charge on any atom is -0.352 e. The standard InChI is InChI=1S/C19H30N4O/c1-15(18-12-20-13-18)19(24)21-11-16-3-5-17(6-4-16)14-23-9-7-22(2)8-10-23/h3-6,15,18,20H,7-14H2,1-2H3,(H,21,24). The molecular formula is C19H30N4O. The molecule has 132 valence electrons. The van der Waals surface area contributed by atoms with Gasteiger partial charge < -0.3 is 15.5 Å². The number of piperazine rings is 1. The summed E-state index contributed by atoms with van der Waals surface area (Å²) >= 11 is 0. The Bertz CT molecular complexity index is 533. The van der Waals surface area contributed by atoms with Crippen molar-refractivity contribution in [1.82, 2.24) is 20.4 Å². The fourth-order valence-electron chi connectivity index (χ4n) is 3.26. The zero-order valence-corrected chi connectivity index (χ0v) is 14.9. The SMILES string of the molecule is CC(C(=O)NCc1ccc(CN2CCN(C)CC2)cc1)C1CNC1. The molecule has 5 heteroatoms. The summed E-state index contributed by atoms with van der Waals surface area (Å²) < 4.78 is 0. The highest BCUT2D eigenvalue weighted by atomic mass is 16.1. The number of nitrogens with zero attached hydrogens (tertiary/aromatic N) is 2. The number of likely N-dealkylation sites (N-methyl/N-ethyl adjacent to an activating group) is 1. The van der Waals surface area contributed by atoms with Gasteiger partial charge in [-0.05, 0) is 37.2 Å². The molecule has 1 aromatic rings. The second kappa shape index (κ2) is 8.10. The van der Waals surface area contributed by atoms with Gasteiger partial charge in [0.25, 0.3) is 0 Å². The first-order chi connectivity index (χ1) is 11.6. The fraction of sp³-hybridized carbons (Fsp3) is 0.632. The normalized spacial score (nSPS) is 21.2. The molecule has 24 heavy (non-hydrogen) atoms. The van der Waals surface area contributed by atoms with Crippen LogP contribution in [0.15, 0.2) is 24.3 Å². The van der Waals surface area contributed by atoms with E-state index in [9.17, 15) is 4.79 Å². The van der Waals surface area contributed by atoms with Gasteiger partial charge in [0.1, 0.15) is 0 Å². The lowest BCUT2D eigenvalue weighted by Gasteiger charge is -2.32. The van der Waals surface area contributed by atoms with Crippen LogP contribution in [-0.4, -0.2) is 62.0 Å². The molecule has 1 aromatic carbocycles. The van der Waals surface area contributed by atoms with Crippen molar-refractivity contribution in [3.63, 3.8) is 0 Å². The Kier molecular flexibility index (Phi) is 5.87. The van der Waals surface area contributed by atoms with Crippen molar-refractivity contribution in [3.8, 4) is 0 Å². The minimum absolute atomic E-state index is 0.0998. The largest absolute Gasteiger partial charge is 0.352 e. The molecule has 0 aliphatic carbocycles. The van der Waals surface area contributed by atoms with E-state index in [1.807, 2.05) is 6.92 Å². The summed E-state index contributed by atoms with van der Waals surface area (Å²) in [7, 11) is 2.18. The molecule has 2 aliphatic rings. The molecule has 2 N–H and O–H groups in total. The molecule has 0 aromatic heterocycles. The first-order valence-corrected chi connectivity index (χ1v) is 9.09. The van der Waals surface area contributed by atoms with E-state index < -0.39 is 0 Å². The third-order valence-corrected chi connectivity index (χ3v) is 5.43. The summed E-state index contributed by atoms with van der Waals surface area (Å²) in [6, 6.07) is 8.67. The summed E-state index contributed by atoms with van der Waals surface area (Å²) in [5, 5.41) is 6.30. The number of benzene rings is 1. The highest BCUT2D eigenvalue weighted by Gasteiger charge is 2.28. The minimum atomic E-state index is 0.0998. The average Bonchev–Trinajstić information content (AvgIpc) is 2.54. The van der Waals surface area contributed by atoms with Crippen LogP contribution in [0.25, 0.3) is 0 Å². The Balaban J connectivity index is 1.43. The molecule has 1 unspecified atom stereocenters. The maximum atomic E-state index is 12.2. The predicted molar refractivity (Wildman–Crippen MR) is 96.6 cm³/mol. The Morgan fingerprint density at radius 2 is 1.79 bits per heavy atom. The van der Waals surface area contributed by atoms with Gasteiger partial charge in [0.2, 0.25) is 5.91 Å². The molecule has 0 spiro atoms. The van der Waals surface area contributed by atoms with E-state index in [4.69, 9.17) is 0 Å². The lowest BCUT2D eigenvalue weighted by molar-refractivity contribution is -0.126. The van der Waals surface area contributed by atoms with Crippen LogP contribution < -0.4 is 10.6 Å². The Morgan fingerprint density at radius 3 is 2.38 bits per heavy atom. The summed E-state index contributed by atoms with van der Waals surface area (Å²) in [5.41, 5.74) is 2.52. The Labute approximate surface area is 145 Å². The molecule has 2 aliphatic heterocycles. The van der Waals surface area contributed by atoms with Crippen molar-refractivity contribution in [2.24, 2.45) is 11.8 Å². The second-order valence-corrected chi connectivity index (χ2v) is 7.32. The quantitative estimate of drug-likeness (QED) is 0.814. The number of nitrogens with one attached hydrogen (secondary N) is 2. The third kappa shape index (κ3) is 4.56. The van der Waals surface area contributed by atoms with Crippen molar-refractivity contribution in [1.29, 1.82) is 0 Å². The van der Waals surface area contributed by atoms with Gasteiger partial charge in [-0.3, -0.25) is 9.69 Å². The highest BCUT2D eigenvalue weighted by molar-refractivity contribution is 5.78. The topological polar surface area (TPSA) is 47.6 Å². The van der Waals surface area contributed by atoms with Crippen LogP contribution in [0.1, 0.15) is 18.1 Å². The van der Waals surface area contributed by atoms with Gasteiger partial charge in [-0.25, -0.2) is 0 Å². The lowest BCUT2D eigenvalue weighted by Crippen LogP contribution is -2.49. The number of amides is 1. The van der Waals surface area contributed by atoms with E-state index in [0.717, 1.165) is 45.8 Å². The van der Waals surface area contributed by atoms with Crippen LogP contribution in [0, 0.1) is 11.8 Å². The van der Waals surface area contributed by atoms with E-state index in [1.165, 1.54) is 11.1 Å². The molecule has 5 nitrogen and oxygen atoms in total. The van der Waals surface area contributed by atoms with Crippen LogP contribution in [0.2, 0.25) is 0 Å². The highest BCUT2D eigenvalue weighted by Crippen LogP contribution is 2.16. The fourth-order valence-corrected chi connectivity index (χ4v) is 3.26. The van der Waals surface area contributed by atoms with Gasteiger partial charge in [0.15, 0.2) is 0 Å². The molecule has 3 rings (SSSR count). The van der Waals surface area contributed by atoms with Crippen LogP contribution in [0.5, 0.6) is 0 Å². The van der Waals surface area contributed by atoms with Gasteiger partial charge in [-0.2, -0.15) is 0 Å². The Morgan fingerprint density at radius 1 is 1.17 bits per heavy atom. The Hall–Kier alpha value is -1.43. The third-order valence-electron chi connectivity index (χ3n) is 5.43. The van der Waals surface area contributed by atoms with Crippen molar-refractivity contribution in [2.45, 2.75) is 20.0 Å². The van der Waals surface area contributed by atoms with E-state index in [1.54, 1.807) is 0 Å². The summed E-state index contributed by atoms with van der Waals surface area (Å²) in [6.07, 6.45) is 0. The maximum Gasteiger partial charge on any atom is 0.223 e. The van der Waals surface area contributed by atoms with E-state index in [2.05, 4.69) is 51.7 Å². The van der Waals surface area contributed by atoms with Crippen molar-refractivity contribution in [3.05, 3.63) is 35.4 Å². The van der Waals surface area contributed by atoms with Gasteiger partial charge in [-0.1, -0.05) is 31.2 Å². The predicted octanol–water partition coefficient (Wildman–Crippen LogP) is 0.906. The first-order valence-electron chi connectivity index (χ1n) is 9.09. The van der Waals surface area contributed by atoms with Gasteiger partial charge in [0, 0.05) is 45.2 Å².